The molecule has 172 valence electrons. The first kappa shape index (κ1) is 22.2. The van der Waals surface area contributed by atoms with E-state index in [1.54, 1.807) is 36.4 Å². The van der Waals surface area contributed by atoms with Crippen LogP contribution in [0.5, 0.6) is 5.75 Å². The third-order valence-electron chi connectivity index (χ3n) is 5.87. The van der Waals surface area contributed by atoms with Gasteiger partial charge in [-0.2, -0.15) is 0 Å². The predicted octanol–water partition coefficient (Wildman–Crippen LogP) is 6.02. The molecular weight excluding hydrogens is 452 g/mol. The van der Waals surface area contributed by atoms with Gasteiger partial charge in [0, 0.05) is 6.20 Å². The van der Waals surface area contributed by atoms with Crippen LogP contribution in [0, 0.1) is 5.92 Å². The lowest BCUT2D eigenvalue weighted by atomic mass is 9.98. The molecule has 2 aromatic carbocycles. The molecule has 0 spiro atoms. The number of halogens is 1. The van der Waals surface area contributed by atoms with Crippen LogP contribution in [0.3, 0.4) is 0 Å². The fourth-order valence-corrected chi connectivity index (χ4v) is 4.28. The van der Waals surface area contributed by atoms with E-state index in [0.29, 0.717) is 45.6 Å². The number of hydrogen-bond donors (Lipinski definition) is 0. The minimum Gasteiger partial charge on any atom is -0.494 e. The van der Waals surface area contributed by atoms with E-state index in [1.807, 2.05) is 24.3 Å². The van der Waals surface area contributed by atoms with Gasteiger partial charge in [0.25, 0.3) is 5.91 Å². The van der Waals surface area contributed by atoms with E-state index < -0.39 is 11.9 Å². The average Bonchev–Trinajstić information content (AvgIpc) is 3.12. The Morgan fingerprint density at radius 3 is 2.68 bits per heavy atom. The molecule has 0 saturated carbocycles. The molecule has 0 radical (unpaired) electrons. The molecular formula is C27H23ClN2O4. The van der Waals surface area contributed by atoms with Crippen LogP contribution in [0.2, 0.25) is 5.02 Å². The number of benzene rings is 2. The van der Waals surface area contributed by atoms with Crippen molar-refractivity contribution in [2.75, 3.05) is 11.5 Å². The standard InChI is InChI=1S/C27H23ClN2O4/c1-16(2)12-13-33-19-7-5-6-17(14-19)24-23-25(31)20-8-3-4-9-21(20)34-26(23)27(32)30(24)22-11-10-18(28)15-29-22/h3-11,14-16,24H,12-13H2,1-2H3/t24-/m1/s1. The van der Waals surface area contributed by atoms with E-state index >= 15 is 0 Å². The van der Waals surface area contributed by atoms with Gasteiger partial charge < -0.3 is 9.15 Å². The van der Waals surface area contributed by atoms with Crippen LogP contribution in [0.1, 0.15) is 48.0 Å². The summed E-state index contributed by atoms with van der Waals surface area (Å²) in [6.45, 7) is 4.86. The van der Waals surface area contributed by atoms with E-state index in [9.17, 15) is 9.59 Å². The van der Waals surface area contributed by atoms with Crippen molar-refractivity contribution in [3.8, 4) is 5.75 Å². The maximum Gasteiger partial charge on any atom is 0.296 e. The smallest absolute Gasteiger partial charge is 0.296 e. The SMILES string of the molecule is CC(C)CCOc1cccc([C@@H]2c3c(oc4ccccc4c3=O)C(=O)N2c2ccc(Cl)cn2)c1. The molecule has 0 bridgehead atoms. The Balaban J connectivity index is 1.67. The Bertz CT molecular complexity index is 1430. The predicted molar refractivity (Wildman–Crippen MR) is 132 cm³/mol. The highest BCUT2D eigenvalue weighted by molar-refractivity contribution is 6.30. The Kier molecular flexibility index (Phi) is 5.84. The third-order valence-corrected chi connectivity index (χ3v) is 6.10. The minimum atomic E-state index is -0.717. The van der Waals surface area contributed by atoms with E-state index in [0.717, 1.165) is 12.0 Å². The summed E-state index contributed by atoms with van der Waals surface area (Å²) in [4.78, 5) is 33.0. The van der Waals surface area contributed by atoms with Gasteiger partial charge in [-0.25, -0.2) is 4.98 Å². The molecule has 1 aliphatic rings. The van der Waals surface area contributed by atoms with E-state index in [4.69, 9.17) is 20.8 Å². The van der Waals surface area contributed by atoms with Crippen molar-refractivity contribution in [3.05, 3.63) is 99.0 Å². The summed E-state index contributed by atoms with van der Waals surface area (Å²) in [6.07, 6.45) is 2.40. The first-order chi connectivity index (χ1) is 16.4. The average molecular weight is 475 g/mol. The van der Waals surface area contributed by atoms with E-state index in [1.165, 1.54) is 11.1 Å². The molecule has 0 N–H and O–H groups in total. The maximum atomic E-state index is 13.6. The lowest BCUT2D eigenvalue weighted by Gasteiger charge is -2.24. The molecule has 0 unspecified atom stereocenters. The molecule has 0 saturated heterocycles. The van der Waals surface area contributed by atoms with Crippen LogP contribution < -0.4 is 15.1 Å². The van der Waals surface area contributed by atoms with Gasteiger partial charge in [0.2, 0.25) is 5.76 Å². The summed E-state index contributed by atoms with van der Waals surface area (Å²) in [5, 5.41) is 0.874. The number of nitrogens with zero attached hydrogens (tertiary/aromatic N) is 2. The first-order valence-electron chi connectivity index (χ1n) is 11.2. The van der Waals surface area contributed by atoms with Crippen molar-refractivity contribution in [2.24, 2.45) is 5.92 Å². The molecule has 4 aromatic rings. The Labute approximate surface area is 201 Å². The normalized spacial score (nSPS) is 15.2. The summed E-state index contributed by atoms with van der Waals surface area (Å²) < 4.78 is 11.9. The second-order valence-corrected chi connectivity index (χ2v) is 9.12. The lowest BCUT2D eigenvalue weighted by molar-refractivity contribution is 0.0970. The van der Waals surface area contributed by atoms with Crippen LogP contribution in [0.4, 0.5) is 5.82 Å². The van der Waals surface area contributed by atoms with Crippen LogP contribution in [-0.2, 0) is 0 Å². The fraction of sp³-hybridized carbons (Fsp3) is 0.222. The number of rotatable bonds is 6. The van der Waals surface area contributed by atoms with Gasteiger partial charge in [0.05, 0.1) is 28.6 Å². The first-order valence-corrected chi connectivity index (χ1v) is 11.6. The number of pyridine rings is 1. The number of fused-ring (bicyclic) bond motifs is 2. The molecule has 0 aliphatic carbocycles. The quantitative estimate of drug-likeness (QED) is 0.342. The molecule has 7 heteroatoms. The summed E-state index contributed by atoms with van der Waals surface area (Å²) in [7, 11) is 0. The Morgan fingerprint density at radius 1 is 1.09 bits per heavy atom. The topological polar surface area (TPSA) is 72.6 Å². The zero-order valence-electron chi connectivity index (χ0n) is 18.8. The number of aromatic nitrogens is 1. The highest BCUT2D eigenvalue weighted by Crippen LogP contribution is 2.41. The lowest BCUT2D eigenvalue weighted by Crippen LogP contribution is -2.30. The van der Waals surface area contributed by atoms with Crippen LogP contribution >= 0.6 is 11.6 Å². The largest absolute Gasteiger partial charge is 0.494 e. The second kappa shape index (κ2) is 8.95. The number of ether oxygens (including phenoxy) is 1. The number of hydrogen-bond acceptors (Lipinski definition) is 5. The van der Waals surface area contributed by atoms with E-state index in [-0.39, 0.29) is 11.2 Å². The highest BCUT2D eigenvalue weighted by Gasteiger charge is 2.44. The molecule has 1 amide bonds. The summed E-state index contributed by atoms with van der Waals surface area (Å²) in [6, 6.07) is 17.0. The van der Waals surface area contributed by atoms with Crippen molar-refractivity contribution in [1.29, 1.82) is 0 Å². The molecule has 1 atom stereocenters. The number of anilines is 1. The van der Waals surface area contributed by atoms with Crippen LogP contribution in [-0.4, -0.2) is 17.5 Å². The fourth-order valence-electron chi connectivity index (χ4n) is 4.17. The minimum absolute atomic E-state index is 0.0246. The Morgan fingerprint density at radius 2 is 1.91 bits per heavy atom. The zero-order chi connectivity index (χ0) is 23.8. The third kappa shape index (κ3) is 3.94. The maximum absolute atomic E-state index is 13.6. The van der Waals surface area contributed by atoms with E-state index in [2.05, 4.69) is 18.8 Å². The molecule has 0 fully saturated rings. The van der Waals surface area contributed by atoms with Gasteiger partial charge in [0.1, 0.15) is 17.2 Å². The molecule has 3 heterocycles. The van der Waals surface area contributed by atoms with Crippen molar-refractivity contribution in [2.45, 2.75) is 26.3 Å². The Hall–Kier alpha value is -3.64. The van der Waals surface area contributed by atoms with Gasteiger partial charge in [-0.15, -0.1) is 0 Å². The second-order valence-electron chi connectivity index (χ2n) is 8.69. The van der Waals surface area contributed by atoms with Gasteiger partial charge in [-0.3, -0.25) is 14.5 Å². The van der Waals surface area contributed by atoms with Crippen LogP contribution in [0.15, 0.2) is 76.1 Å². The molecule has 5 rings (SSSR count). The summed E-state index contributed by atoms with van der Waals surface area (Å²) in [5.41, 5.74) is 1.15. The van der Waals surface area contributed by atoms with Gasteiger partial charge in [-0.1, -0.05) is 49.7 Å². The van der Waals surface area contributed by atoms with Gasteiger partial charge >= 0.3 is 0 Å². The highest BCUT2D eigenvalue weighted by atomic mass is 35.5. The zero-order valence-corrected chi connectivity index (χ0v) is 19.6. The van der Waals surface area contributed by atoms with Crippen LogP contribution in [0.25, 0.3) is 11.0 Å². The number of carbonyl (C=O) groups is 1. The molecule has 1 aliphatic heterocycles. The van der Waals surface area contributed by atoms with Crippen molar-refractivity contribution in [3.63, 3.8) is 0 Å². The van der Waals surface area contributed by atoms with Crippen molar-refractivity contribution >= 4 is 34.3 Å². The van der Waals surface area contributed by atoms with Crippen molar-refractivity contribution < 1.29 is 13.9 Å². The number of amides is 1. The monoisotopic (exact) mass is 474 g/mol. The molecule has 6 nitrogen and oxygen atoms in total. The molecule has 34 heavy (non-hydrogen) atoms. The summed E-state index contributed by atoms with van der Waals surface area (Å²) in [5.74, 6) is 1.17. The van der Waals surface area contributed by atoms with Gasteiger partial charge in [-0.05, 0) is 54.3 Å². The number of carbonyl (C=O) groups excluding carboxylic acids is 1. The van der Waals surface area contributed by atoms with Gasteiger partial charge in [0.15, 0.2) is 5.43 Å². The summed E-state index contributed by atoms with van der Waals surface area (Å²) >= 11 is 6.03. The van der Waals surface area contributed by atoms with Crippen molar-refractivity contribution in [1.82, 2.24) is 4.98 Å². The molecule has 2 aromatic heterocycles. The number of para-hydroxylation sites is 1.